The summed E-state index contributed by atoms with van der Waals surface area (Å²) >= 11 is 0. The van der Waals surface area contributed by atoms with Gasteiger partial charge in [0.1, 0.15) is 24.2 Å². The molecule has 0 saturated carbocycles. The van der Waals surface area contributed by atoms with Crippen molar-refractivity contribution in [2.75, 3.05) is 5.73 Å². The Hall–Kier alpha value is -2.54. The number of benzene rings is 1. The zero-order chi connectivity index (χ0) is 12.1. The largest absolute Gasteiger partial charge is 0.487 e. The van der Waals surface area contributed by atoms with Gasteiger partial charge in [-0.1, -0.05) is 18.2 Å². The Morgan fingerprint density at radius 2 is 2.06 bits per heavy atom. The van der Waals surface area contributed by atoms with Crippen molar-refractivity contribution in [3.05, 3.63) is 53.7 Å². The summed E-state index contributed by atoms with van der Waals surface area (Å²) in [5.74, 6) is 1.05. The van der Waals surface area contributed by atoms with Gasteiger partial charge >= 0.3 is 0 Å². The van der Waals surface area contributed by atoms with E-state index in [1.807, 2.05) is 12.1 Å². The lowest BCUT2D eigenvalue weighted by molar-refractivity contribution is 0.305. The van der Waals surface area contributed by atoms with E-state index in [1.54, 1.807) is 30.5 Å². The topological polar surface area (TPSA) is 71.9 Å². The zero-order valence-corrected chi connectivity index (χ0v) is 9.13. The van der Waals surface area contributed by atoms with Crippen molar-refractivity contribution in [1.29, 1.82) is 5.26 Å². The minimum atomic E-state index is 0.367. The molecule has 1 heterocycles. The highest BCUT2D eigenvalue weighted by Gasteiger charge is 2.02. The van der Waals surface area contributed by atoms with Crippen LogP contribution in [0.1, 0.15) is 11.1 Å². The Labute approximate surface area is 99.3 Å². The van der Waals surface area contributed by atoms with E-state index in [4.69, 9.17) is 15.7 Å². The third-order valence-corrected chi connectivity index (χ3v) is 2.25. The summed E-state index contributed by atoms with van der Waals surface area (Å²) in [5.41, 5.74) is 6.92. The van der Waals surface area contributed by atoms with Crippen LogP contribution in [0.4, 0.5) is 5.82 Å². The molecular formula is C13H11N3O. The third-order valence-electron chi connectivity index (χ3n) is 2.25. The number of nitrogens with two attached hydrogens (primary N) is 1. The molecule has 0 bridgehead atoms. The van der Waals surface area contributed by atoms with Gasteiger partial charge < -0.3 is 10.5 Å². The number of aromatic nitrogens is 1. The maximum Gasteiger partial charge on any atom is 0.137 e. The highest BCUT2D eigenvalue weighted by atomic mass is 16.5. The van der Waals surface area contributed by atoms with Crippen LogP contribution < -0.4 is 10.5 Å². The van der Waals surface area contributed by atoms with Crippen LogP contribution in [0.25, 0.3) is 0 Å². The quantitative estimate of drug-likeness (QED) is 0.868. The summed E-state index contributed by atoms with van der Waals surface area (Å²) < 4.78 is 5.55. The molecule has 17 heavy (non-hydrogen) atoms. The molecule has 0 saturated heterocycles. The number of hydrogen-bond acceptors (Lipinski definition) is 4. The maximum atomic E-state index is 8.89. The lowest BCUT2D eigenvalue weighted by Gasteiger charge is -2.07. The van der Waals surface area contributed by atoms with E-state index in [0.29, 0.717) is 23.7 Å². The van der Waals surface area contributed by atoms with E-state index in [-0.39, 0.29) is 0 Å². The van der Waals surface area contributed by atoms with Crippen LogP contribution in [-0.2, 0) is 6.61 Å². The summed E-state index contributed by atoms with van der Waals surface area (Å²) in [6.07, 6.45) is 1.66. The van der Waals surface area contributed by atoms with E-state index < -0.39 is 0 Å². The van der Waals surface area contributed by atoms with Crippen molar-refractivity contribution in [1.82, 2.24) is 4.98 Å². The average Bonchev–Trinajstić information content (AvgIpc) is 2.38. The predicted octanol–water partition coefficient (Wildman–Crippen LogP) is 2.11. The Kier molecular flexibility index (Phi) is 3.22. The number of pyridine rings is 1. The summed E-state index contributed by atoms with van der Waals surface area (Å²) in [5, 5.41) is 8.89. The van der Waals surface area contributed by atoms with Crippen LogP contribution in [0.3, 0.4) is 0 Å². The van der Waals surface area contributed by atoms with Gasteiger partial charge in [-0.15, -0.1) is 0 Å². The molecule has 1 aromatic heterocycles. The average molecular weight is 225 g/mol. The van der Waals surface area contributed by atoms with Gasteiger partial charge in [0.05, 0.1) is 5.56 Å². The maximum absolute atomic E-state index is 8.89. The van der Waals surface area contributed by atoms with Crippen molar-refractivity contribution in [2.24, 2.45) is 0 Å². The molecule has 4 heteroatoms. The zero-order valence-electron chi connectivity index (χ0n) is 9.13. The van der Waals surface area contributed by atoms with E-state index >= 15 is 0 Å². The van der Waals surface area contributed by atoms with Crippen LogP contribution >= 0.6 is 0 Å². The number of para-hydroxylation sites is 1. The normalized spacial score (nSPS) is 9.59. The van der Waals surface area contributed by atoms with Crippen molar-refractivity contribution >= 4 is 5.82 Å². The van der Waals surface area contributed by atoms with Gasteiger partial charge in [-0.2, -0.15) is 5.26 Å². The Morgan fingerprint density at radius 1 is 1.24 bits per heavy atom. The molecule has 2 aromatic rings. The van der Waals surface area contributed by atoms with Gasteiger partial charge in [-0.25, -0.2) is 4.98 Å². The van der Waals surface area contributed by atoms with Crippen LogP contribution in [0.15, 0.2) is 42.6 Å². The first-order chi connectivity index (χ1) is 8.29. The summed E-state index contributed by atoms with van der Waals surface area (Å²) in [6.45, 7) is 0.367. The molecule has 0 amide bonds. The Balaban J connectivity index is 2.08. The fourth-order valence-electron chi connectivity index (χ4n) is 1.37. The second-order valence-corrected chi connectivity index (χ2v) is 3.49. The first kappa shape index (κ1) is 11.0. The van der Waals surface area contributed by atoms with Gasteiger partial charge in [0.25, 0.3) is 0 Å². The van der Waals surface area contributed by atoms with Crippen LogP contribution in [0.5, 0.6) is 5.75 Å². The van der Waals surface area contributed by atoms with Crippen LogP contribution in [-0.4, -0.2) is 4.98 Å². The second kappa shape index (κ2) is 4.99. The highest BCUT2D eigenvalue weighted by molar-refractivity contribution is 5.42. The molecule has 0 aliphatic rings. The van der Waals surface area contributed by atoms with Crippen molar-refractivity contribution < 1.29 is 4.74 Å². The number of nitrogens with zero attached hydrogens (tertiary/aromatic N) is 2. The van der Waals surface area contributed by atoms with Crippen LogP contribution in [0.2, 0.25) is 0 Å². The van der Waals surface area contributed by atoms with Gasteiger partial charge in [-0.05, 0) is 18.2 Å². The van der Waals surface area contributed by atoms with E-state index in [2.05, 4.69) is 11.1 Å². The fraction of sp³-hybridized carbons (Fsp3) is 0.0769. The monoisotopic (exact) mass is 225 g/mol. The minimum Gasteiger partial charge on any atom is -0.487 e. The first-order valence-electron chi connectivity index (χ1n) is 5.12. The molecule has 4 nitrogen and oxygen atoms in total. The van der Waals surface area contributed by atoms with Crippen molar-refractivity contribution in [3.63, 3.8) is 0 Å². The Morgan fingerprint density at radius 3 is 2.76 bits per heavy atom. The molecule has 1 aromatic carbocycles. The van der Waals surface area contributed by atoms with Crippen molar-refractivity contribution in [2.45, 2.75) is 6.61 Å². The number of nitriles is 1. The van der Waals surface area contributed by atoms with E-state index in [9.17, 15) is 0 Å². The predicted molar refractivity (Wildman–Crippen MR) is 64.1 cm³/mol. The molecular weight excluding hydrogens is 214 g/mol. The molecule has 0 fully saturated rings. The lowest BCUT2D eigenvalue weighted by atomic mass is 10.2. The standard InChI is InChI=1S/C13H11N3O/c14-7-11-3-1-2-4-12(11)17-9-10-5-6-13(15)16-8-10/h1-6,8H,9H2,(H2,15,16). The second-order valence-electron chi connectivity index (χ2n) is 3.49. The molecule has 0 spiro atoms. The number of nitrogen functional groups attached to an aromatic ring is 1. The molecule has 0 atom stereocenters. The number of rotatable bonds is 3. The molecule has 2 N–H and O–H groups in total. The summed E-state index contributed by atoms with van der Waals surface area (Å²) in [4.78, 5) is 3.97. The number of ether oxygens (including phenoxy) is 1. The molecule has 0 radical (unpaired) electrons. The smallest absolute Gasteiger partial charge is 0.137 e. The minimum absolute atomic E-state index is 0.367. The highest BCUT2D eigenvalue weighted by Crippen LogP contribution is 2.18. The lowest BCUT2D eigenvalue weighted by Crippen LogP contribution is -1.98. The van der Waals surface area contributed by atoms with Gasteiger partial charge in [0, 0.05) is 11.8 Å². The molecule has 84 valence electrons. The third kappa shape index (κ3) is 2.73. The summed E-state index contributed by atoms with van der Waals surface area (Å²) in [7, 11) is 0. The molecule has 2 rings (SSSR count). The van der Waals surface area contributed by atoms with E-state index in [1.165, 1.54) is 0 Å². The fourth-order valence-corrected chi connectivity index (χ4v) is 1.37. The van der Waals surface area contributed by atoms with Crippen molar-refractivity contribution in [3.8, 4) is 11.8 Å². The number of hydrogen-bond donors (Lipinski definition) is 1. The van der Waals surface area contributed by atoms with Gasteiger partial charge in [0.2, 0.25) is 0 Å². The first-order valence-corrected chi connectivity index (χ1v) is 5.12. The molecule has 0 unspecified atom stereocenters. The van der Waals surface area contributed by atoms with E-state index in [0.717, 1.165) is 5.56 Å². The summed E-state index contributed by atoms with van der Waals surface area (Å²) in [6, 6.07) is 12.8. The SMILES string of the molecule is N#Cc1ccccc1OCc1ccc(N)nc1. The van der Waals surface area contributed by atoms with Gasteiger partial charge in [0.15, 0.2) is 0 Å². The number of anilines is 1. The van der Waals surface area contributed by atoms with Crippen LogP contribution in [0, 0.1) is 11.3 Å². The van der Waals surface area contributed by atoms with Gasteiger partial charge in [-0.3, -0.25) is 0 Å². The molecule has 0 aliphatic heterocycles. The Bertz CT molecular complexity index is 543. The molecule has 0 aliphatic carbocycles.